The molecule has 1 aromatic carbocycles. The summed E-state index contributed by atoms with van der Waals surface area (Å²) in [6.07, 6.45) is 0. The molecular weight excluding hydrogens is 244 g/mol. The van der Waals surface area contributed by atoms with Crippen LogP contribution >= 0.6 is 0 Å². The fourth-order valence-electron chi connectivity index (χ4n) is 0.800. The molecule has 0 radical (unpaired) electrons. The van der Waals surface area contributed by atoms with E-state index in [-0.39, 0.29) is 17.2 Å². The lowest BCUT2D eigenvalue weighted by molar-refractivity contribution is -0.384. The number of benzene rings is 1. The number of hydrogen-bond acceptors (Lipinski definition) is 5. The minimum Gasteiger partial charge on any atom is -0.399 e. The maximum absolute atomic E-state index is 10.4. The van der Waals surface area contributed by atoms with Gasteiger partial charge in [-0.2, -0.15) is 0 Å². The predicted octanol–water partition coefficient (Wildman–Crippen LogP) is 1.62. The van der Waals surface area contributed by atoms with Crippen LogP contribution in [0, 0.1) is 10.1 Å². The Balaban J connectivity index is 0.000000325. The molecule has 0 saturated heterocycles. The zero-order chi connectivity index (χ0) is 13.5. The van der Waals surface area contributed by atoms with E-state index in [2.05, 4.69) is 0 Å². The number of nitrogens with two attached hydrogens (primary N) is 1. The first-order valence-electron chi connectivity index (χ1n) is 5.02. The van der Waals surface area contributed by atoms with Crippen LogP contribution in [-0.4, -0.2) is 24.8 Å². The Kier molecular flexibility index (Phi) is 6.19. The minimum absolute atomic E-state index is 0.0641. The summed E-state index contributed by atoms with van der Waals surface area (Å²) in [6, 6.07) is 5.74. The first kappa shape index (κ1) is 15.4. The molecule has 0 fully saturated rings. The highest BCUT2D eigenvalue weighted by Gasteiger charge is 2.01. The smallest absolute Gasteiger partial charge is 0.269 e. The standard InChI is InChI=1S/C6H6N2O2.C4H10O2S/c7-5-1-3-6(4-2-5)8(9)10;1-3-7(5,6)4-2/h1-4H,7H2;3-4H2,1-2H3. The van der Waals surface area contributed by atoms with Gasteiger partial charge in [0.15, 0.2) is 0 Å². The largest absolute Gasteiger partial charge is 0.399 e. The first-order chi connectivity index (χ1) is 7.82. The number of hydrogen-bond donors (Lipinski definition) is 1. The van der Waals surface area contributed by atoms with Crippen molar-refractivity contribution in [1.82, 2.24) is 0 Å². The zero-order valence-electron chi connectivity index (χ0n) is 9.79. The summed E-state index contributed by atoms with van der Waals surface area (Å²) < 4.78 is 20.7. The van der Waals surface area contributed by atoms with Crippen molar-refractivity contribution in [2.75, 3.05) is 17.2 Å². The number of nitro benzene ring substituents is 1. The van der Waals surface area contributed by atoms with E-state index in [0.29, 0.717) is 5.69 Å². The summed E-state index contributed by atoms with van der Waals surface area (Å²) >= 11 is 0. The fourth-order valence-corrected chi connectivity index (χ4v) is 1.21. The number of sulfone groups is 1. The maximum Gasteiger partial charge on any atom is 0.269 e. The molecular formula is C10H16N2O4S. The van der Waals surface area contributed by atoms with E-state index >= 15 is 0 Å². The molecule has 6 nitrogen and oxygen atoms in total. The van der Waals surface area contributed by atoms with Crippen molar-refractivity contribution < 1.29 is 13.3 Å². The van der Waals surface area contributed by atoms with Gasteiger partial charge >= 0.3 is 0 Å². The molecule has 0 aliphatic carbocycles. The van der Waals surface area contributed by atoms with Gasteiger partial charge in [0.2, 0.25) is 0 Å². The van der Waals surface area contributed by atoms with E-state index < -0.39 is 14.8 Å². The molecule has 0 spiro atoms. The highest BCUT2D eigenvalue weighted by molar-refractivity contribution is 7.91. The summed E-state index contributed by atoms with van der Waals surface area (Å²) in [5, 5.41) is 10.1. The molecule has 1 rings (SSSR count). The average molecular weight is 260 g/mol. The van der Waals surface area contributed by atoms with Crippen LogP contribution in [0.15, 0.2) is 24.3 Å². The van der Waals surface area contributed by atoms with Gasteiger partial charge in [-0.05, 0) is 12.1 Å². The van der Waals surface area contributed by atoms with Crippen LogP contribution in [0.25, 0.3) is 0 Å². The Morgan fingerprint density at radius 2 is 1.59 bits per heavy atom. The second kappa shape index (κ2) is 6.85. The fraction of sp³-hybridized carbons (Fsp3) is 0.400. The van der Waals surface area contributed by atoms with Gasteiger partial charge in [0.25, 0.3) is 5.69 Å². The van der Waals surface area contributed by atoms with Crippen molar-refractivity contribution in [2.45, 2.75) is 13.8 Å². The summed E-state index contributed by atoms with van der Waals surface area (Å²) in [4.78, 5) is 9.62. The SMILES string of the molecule is CCS(=O)(=O)CC.Nc1ccc([N+](=O)[O-])cc1. The molecule has 1 aromatic rings. The molecule has 0 amide bonds. The molecule has 17 heavy (non-hydrogen) atoms. The van der Waals surface area contributed by atoms with Gasteiger partial charge in [0, 0.05) is 29.3 Å². The number of nitro groups is 1. The van der Waals surface area contributed by atoms with E-state index in [1.165, 1.54) is 24.3 Å². The molecule has 0 unspecified atom stereocenters. The van der Waals surface area contributed by atoms with E-state index in [9.17, 15) is 18.5 Å². The van der Waals surface area contributed by atoms with Crippen LogP contribution in [-0.2, 0) is 9.84 Å². The Morgan fingerprint density at radius 1 is 1.18 bits per heavy atom. The molecule has 0 bridgehead atoms. The van der Waals surface area contributed by atoms with Crippen molar-refractivity contribution in [2.24, 2.45) is 0 Å². The first-order valence-corrected chi connectivity index (χ1v) is 6.85. The third-order valence-electron chi connectivity index (χ3n) is 1.98. The summed E-state index contributed by atoms with van der Waals surface area (Å²) in [5.74, 6) is 0.535. The molecule has 2 N–H and O–H groups in total. The van der Waals surface area contributed by atoms with Gasteiger partial charge in [0.1, 0.15) is 9.84 Å². The third kappa shape index (κ3) is 6.52. The normalized spacial score (nSPS) is 10.2. The van der Waals surface area contributed by atoms with Gasteiger partial charge in [-0.25, -0.2) is 8.42 Å². The lowest BCUT2D eigenvalue weighted by Crippen LogP contribution is -2.04. The molecule has 0 heterocycles. The van der Waals surface area contributed by atoms with E-state index in [1.54, 1.807) is 13.8 Å². The Bertz CT molecular complexity index is 444. The number of anilines is 1. The van der Waals surface area contributed by atoms with Gasteiger partial charge < -0.3 is 5.73 Å². The van der Waals surface area contributed by atoms with Crippen LogP contribution in [0.2, 0.25) is 0 Å². The Hall–Kier alpha value is -1.63. The molecule has 96 valence electrons. The molecule has 0 aromatic heterocycles. The third-order valence-corrected chi connectivity index (χ3v) is 3.74. The zero-order valence-corrected chi connectivity index (χ0v) is 10.6. The summed E-state index contributed by atoms with van der Waals surface area (Å²) in [6.45, 7) is 3.30. The number of nitrogen functional groups attached to an aromatic ring is 1. The summed E-state index contributed by atoms with van der Waals surface area (Å²) in [5.41, 5.74) is 5.90. The van der Waals surface area contributed by atoms with Crippen molar-refractivity contribution in [3.8, 4) is 0 Å². The van der Waals surface area contributed by atoms with Crippen LogP contribution < -0.4 is 5.73 Å². The van der Waals surface area contributed by atoms with Crippen LogP contribution in [0.5, 0.6) is 0 Å². The molecule has 0 saturated carbocycles. The monoisotopic (exact) mass is 260 g/mol. The second-order valence-electron chi connectivity index (χ2n) is 3.17. The number of nitrogens with zero attached hydrogens (tertiary/aromatic N) is 1. The second-order valence-corrected chi connectivity index (χ2v) is 5.81. The molecule has 0 aliphatic rings. The van der Waals surface area contributed by atoms with E-state index in [0.717, 1.165) is 0 Å². The molecule has 0 aliphatic heterocycles. The average Bonchev–Trinajstić information content (AvgIpc) is 2.30. The van der Waals surface area contributed by atoms with Gasteiger partial charge in [-0.15, -0.1) is 0 Å². The lowest BCUT2D eigenvalue weighted by Gasteiger charge is -1.90. The van der Waals surface area contributed by atoms with Gasteiger partial charge in [-0.3, -0.25) is 10.1 Å². The van der Waals surface area contributed by atoms with Crippen molar-refractivity contribution >= 4 is 21.2 Å². The topological polar surface area (TPSA) is 103 Å². The van der Waals surface area contributed by atoms with Crippen molar-refractivity contribution in [3.05, 3.63) is 34.4 Å². The number of non-ortho nitro benzene ring substituents is 1. The van der Waals surface area contributed by atoms with E-state index in [4.69, 9.17) is 5.73 Å². The van der Waals surface area contributed by atoms with Crippen LogP contribution in [0.1, 0.15) is 13.8 Å². The highest BCUT2D eigenvalue weighted by Crippen LogP contribution is 2.11. The van der Waals surface area contributed by atoms with Crippen molar-refractivity contribution in [1.29, 1.82) is 0 Å². The Labute approximate surface area is 101 Å². The highest BCUT2D eigenvalue weighted by atomic mass is 32.2. The van der Waals surface area contributed by atoms with Gasteiger partial charge in [-0.1, -0.05) is 13.8 Å². The minimum atomic E-state index is -2.66. The van der Waals surface area contributed by atoms with Crippen LogP contribution in [0.3, 0.4) is 0 Å². The quantitative estimate of drug-likeness (QED) is 0.505. The van der Waals surface area contributed by atoms with Gasteiger partial charge in [0.05, 0.1) is 4.92 Å². The molecule has 0 atom stereocenters. The van der Waals surface area contributed by atoms with Crippen LogP contribution in [0.4, 0.5) is 11.4 Å². The lowest BCUT2D eigenvalue weighted by atomic mass is 10.3. The van der Waals surface area contributed by atoms with Crippen molar-refractivity contribution in [3.63, 3.8) is 0 Å². The maximum atomic E-state index is 10.4. The Morgan fingerprint density at radius 3 is 1.82 bits per heavy atom. The number of rotatable bonds is 3. The predicted molar refractivity (Wildman–Crippen MR) is 67.5 cm³/mol. The summed E-state index contributed by atoms with van der Waals surface area (Å²) in [7, 11) is -2.66. The van der Waals surface area contributed by atoms with E-state index in [1.807, 2.05) is 0 Å². The molecule has 7 heteroatoms.